The molecule has 0 aliphatic carbocycles. The molecule has 0 spiro atoms. The molecule has 1 aromatic carbocycles. The van der Waals surface area contributed by atoms with E-state index in [-0.39, 0.29) is 5.91 Å². The number of furan rings is 1. The molecule has 0 aliphatic rings. The number of nitrogens with one attached hydrogen (secondary N) is 2. The van der Waals surface area contributed by atoms with Crippen LogP contribution in [0.5, 0.6) is 0 Å². The third-order valence-electron chi connectivity index (χ3n) is 5.18. The molecule has 6 heteroatoms. The molecule has 0 fully saturated rings. The van der Waals surface area contributed by atoms with Gasteiger partial charge < -0.3 is 19.2 Å². The number of anilines is 1. The number of benzene rings is 1. The minimum Gasteiger partial charge on any atom is -0.467 e. The molecule has 0 radical (unpaired) electrons. The van der Waals surface area contributed by atoms with Crippen LogP contribution in [-0.4, -0.2) is 24.1 Å². The summed E-state index contributed by atoms with van der Waals surface area (Å²) in [5.41, 5.74) is 4.71. The first-order valence-electron chi connectivity index (χ1n) is 9.68. The van der Waals surface area contributed by atoms with E-state index in [1.54, 1.807) is 6.26 Å². The molecule has 1 amide bonds. The van der Waals surface area contributed by atoms with Gasteiger partial charge in [0.25, 0.3) is 5.91 Å². The third-order valence-corrected chi connectivity index (χ3v) is 5.18. The molecule has 6 nitrogen and oxygen atoms in total. The number of hydrogen-bond acceptors (Lipinski definition) is 3. The van der Waals surface area contributed by atoms with Gasteiger partial charge in [-0.05, 0) is 38.5 Å². The molecule has 0 bridgehead atoms. The summed E-state index contributed by atoms with van der Waals surface area (Å²) in [4.78, 5) is 13.8. The number of hydrogen-bond donors (Lipinski definition) is 2. The quantitative estimate of drug-likeness (QED) is 0.650. The van der Waals surface area contributed by atoms with Crippen LogP contribution in [0, 0.1) is 32.1 Å². The number of quaternary nitrogens is 1. The normalized spacial score (nSPS) is 11.8. The predicted octanol–water partition coefficient (Wildman–Crippen LogP) is 2.58. The van der Waals surface area contributed by atoms with Crippen molar-refractivity contribution in [2.45, 2.75) is 33.9 Å². The average Bonchev–Trinajstić information content (AvgIpc) is 3.26. The van der Waals surface area contributed by atoms with Gasteiger partial charge in [0.1, 0.15) is 24.2 Å². The highest BCUT2D eigenvalue weighted by molar-refractivity contribution is 5.92. The van der Waals surface area contributed by atoms with Crippen molar-refractivity contribution in [2.75, 3.05) is 18.9 Å². The van der Waals surface area contributed by atoms with Crippen LogP contribution in [0.1, 0.15) is 33.7 Å². The van der Waals surface area contributed by atoms with Crippen molar-refractivity contribution in [3.63, 3.8) is 0 Å². The average molecular weight is 391 g/mol. The molecule has 150 valence electrons. The van der Waals surface area contributed by atoms with Crippen LogP contribution < -0.4 is 10.2 Å². The van der Waals surface area contributed by atoms with Crippen molar-refractivity contribution in [1.29, 1.82) is 5.26 Å². The third kappa shape index (κ3) is 4.76. The van der Waals surface area contributed by atoms with E-state index in [1.807, 2.05) is 37.6 Å². The summed E-state index contributed by atoms with van der Waals surface area (Å²) in [6.45, 7) is 7.43. The van der Waals surface area contributed by atoms with Crippen molar-refractivity contribution in [3.8, 4) is 6.07 Å². The number of aromatic nitrogens is 1. The molecule has 2 N–H and O–H groups in total. The van der Waals surface area contributed by atoms with Crippen LogP contribution in [0.25, 0.3) is 0 Å². The first-order chi connectivity index (χ1) is 13.9. The SMILES string of the molecule is Cc1ccc(C[NH+](C)CC(=O)Nc2c(C#N)c(C)c(C)n2Cc2ccco2)cc1. The molecule has 2 aromatic heterocycles. The Morgan fingerprint density at radius 3 is 2.55 bits per heavy atom. The lowest BCUT2D eigenvalue weighted by molar-refractivity contribution is -0.885. The highest BCUT2D eigenvalue weighted by atomic mass is 16.3. The summed E-state index contributed by atoms with van der Waals surface area (Å²) in [6, 6.07) is 14.3. The second-order valence-electron chi connectivity index (χ2n) is 7.56. The van der Waals surface area contributed by atoms with Gasteiger partial charge in [-0.1, -0.05) is 29.8 Å². The van der Waals surface area contributed by atoms with Gasteiger partial charge >= 0.3 is 0 Å². The second kappa shape index (κ2) is 8.80. The lowest BCUT2D eigenvalue weighted by atomic mass is 10.1. The van der Waals surface area contributed by atoms with Crippen molar-refractivity contribution < 1.29 is 14.1 Å². The van der Waals surface area contributed by atoms with Crippen molar-refractivity contribution in [2.24, 2.45) is 0 Å². The molecular weight excluding hydrogens is 364 g/mol. The largest absolute Gasteiger partial charge is 0.467 e. The summed E-state index contributed by atoms with van der Waals surface area (Å²) in [5.74, 6) is 1.18. The number of carbonyl (C=O) groups excluding carboxylic acids is 1. The molecule has 1 unspecified atom stereocenters. The van der Waals surface area contributed by atoms with E-state index >= 15 is 0 Å². The van der Waals surface area contributed by atoms with Crippen molar-refractivity contribution >= 4 is 11.7 Å². The Balaban J connectivity index is 1.74. The predicted molar refractivity (Wildman–Crippen MR) is 112 cm³/mol. The number of likely N-dealkylation sites (N-methyl/N-ethyl adjacent to an activating group) is 1. The van der Waals surface area contributed by atoms with Gasteiger partial charge in [-0.3, -0.25) is 4.79 Å². The zero-order valence-corrected chi connectivity index (χ0v) is 17.4. The zero-order chi connectivity index (χ0) is 21.0. The fourth-order valence-corrected chi connectivity index (χ4v) is 3.45. The molecule has 0 saturated carbocycles. The van der Waals surface area contributed by atoms with Gasteiger partial charge in [0.15, 0.2) is 6.54 Å². The molecule has 3 aromatic rings. The van der Waals surface area contributed by atoms with E-state index in [2.05, 4.69) is 42.6 Å². The number of nitrogens with zero attached hydrogens (tertiary/aromatic N) is 2. The highest BCUT2D eigenvalue weighted by Crippen LogP contribution is 2.27. The summed E-state index contributed by atoms with van der Waals surface area (Å²) in [7, 11) is 1.99. The van der Waals surface area contributed by atoms with Gasteiger partial charge in [0.2, 0.25) is 0 Å². The maximum absolute atomic E-state index is 12.7. The zero-order valence-electron chi connectivity index (χ0n) is 17.4. The van der Waals surface area contributed by atoms with Crippen LogP contribution in [0.4, 0.5) is 5.82 Å². The van der Waals surface area contributed by atoms with E-state index in [1.165, 1.54) is 11.1 Å². The number of nitriles is 1. The van der Waals surface area contributed by atoms with E-state index in [0.29, 0.717) is 24.5 Å². The summed E-state index contributed by atoms with van der Waals surface area (Å²) >= 11 is 0. The van der Waals surface area contributed by atoms with Gasteiger partial charge in [0, 0.05) is 11.3 Å². The summed E-state index contributed by atoms with van der Waals surface area (Å²) < 4.78 is 7.38. The highest BCUT2D eigenvalue weighted by Gasteiger charge is 2.21. The Labute approximate surface area is 171 Å². The lowest BCUT2D eigenvalue weighted by Crippen LogP contribution is -3.08. The minimum atomic E-state index is -0.121. The number of amides is 1. The van der Waals surface area contributed by atoms with Gasteiger partial charge in [-0.2, -0.15) is 5.26 Å². The maximum Gasteiger partial charge on any atom is 0.280 e. The van der Waals surface area contributed by atoms with Crippen molar-refractivity contribution in [3.05, 3.63) is 76.4 Å². The Kier molecular flexibility index (Phi) is 6.20. The number of aryl methyl sites for hydroxylation is 1. The molecular formula is C23H27N4O2+. The second-order valence-corrected chi connectivity index (χ2v) is 7.56. The Morgan fingerprint density at radius 1 is 1.21 bits per heavy atom. The van der Waals surface area contributed by atoms with Gasteiger partial charge in [-0.15, -0.1) is 0 Å². The topological polar surface area (TPSA) is 75.4 Å². The summed E-state index contributed by atoms with van der Waals surface area (Å²) in [5, 5.41) is 12.6. The van der Waals surface area contributed by atoms with Crippen LogP contribution in [0.3, 0.4) is 0 Å². The molecule has 29 heavy (non-hydrogen) atoms. The lowest BCUT2D eigenvalue weighted by Gasteiger charge is -2.16. The van der Waals surface area contributed by atoms with Gasteiger partial charge in [-0.25, -0.2) is 0 Å². The van der Waals surface area contributed by atoms with Crippen molar-refractivity contribution in [1.82, 2.24) is 4.57 Å². The van der Waals surface area contributed by atoms with E-state index in [9.17, 15) is 10.1 Å². The van der Waals surface area contributed by atoms with Crippen LogP contribution in [0.15, 0.2) is 47.1 Å². The van der Waals surface area contributed by atoms with E-state index < -0.39 is 0 Å². The molecule has 2 heterocycles. The first-order valence-corrected chi connectivity index (χ1v) is 9.68. The van der Waals surface area contributed by atoms with Gasteiger partial charge in [0.05, 0.1) is 25.4 Å². The van der Waals surface area contributed by atoms with Crippen LogP contribution >= 0.6 is 0 Å². The molecule has 0 saturated heterocycles. The number of carbonyl (C=O) groups is 1. The molecule has 1 atom stereocenters. The smallest absolute Gasteiger partial charge is 0.280 e. The van der Waals surface area contributed by atoms with Crippen LogP contribution in [0.2, 0.25) is 0 Å². The van der Waals surface area contributed by atoms with Crippen LogP contribution in [-0.2, 0) is 17.9 Å². The van der Waals surface area contributed by atoms with E-state index in [0.717, 1.165) is 28.5 Å². The monoisotopic (exact) mass is 391 g/mol. The summed E-state index contributed by atoms with van der Waals surface area (Å²) in [6.07, 6.45) is 1.62. The Morgan fingerprint density at radius 2 is 1.93 bits per heavy atom. The molecule has 0 aliphatic heterocycles. The first kappa shape index (κ1) is 20.4. The minimum absolute atomic E-state index is 0.121. The molecule has 3 rings (SSSR count). The fraction of sp³-hybridized carbons (Fsp3) is 0.304. The standard InChI is InChI=1S/C23H26N4O2/c1-16-7-9-19(10-8-16)13-26(4)15-22(28)25-23-21(12-24)17(2)18(3)27(23)14-20-6-5-11-29-20/h5-11H,13-15H2,1-4H3,(H,25,28)/p+1. The number of rotatable bonds is 7. The Bertz CT molecular complexity index is 1020. The fourth-order valence-electron chi connectivity index (χ4n) is 3.45. The van der Waals surface area contributed by atoms with E-state index in [4.69, 9.17) is 4.42 Å². The maximum atomic E-state index is 12.7. The Hall–Kier alpha value is -3.30.